The molecule has 194 valence electrons. The molecule has 1 aliphatic heterocycles. The monoisotopic (exact) mass is 508 g/mol. The fourth-order valence-corrected chi connectivity index (χ4v) is 5.16. The molecule has 38 heavy (non-hydrogen) atoms. The number of benzene rings is 4. The first kappa shape index (κ1) is 25.8. The van der Waals surface area contributed by atoms with Crippen LogP contribution in [0.5, 0.6) is 0 Å². The van der Waals surface area contributed by atoms with Crippen LogP contribution >= 0.6 is 0 Å². The predicted molar refractivity (Wildman–Crippen MR) is 150 cm³/mol. The van der Waals surface area contributed by atoms with E-state index < -0.39 is 5.60 Å². The van der Waals surface area contributed by atoms with E-state index in [1.165, 1.54) is 12.1 Å². The van der Waals surface area contributed by atoms with Crippen LogP contribution in [0.1, 0.15) is 52.3 Å². The molecule has 0 saturated carbocycles. The van der Waals surface area contributed by atoms with E-state index in [1.807, 2.05) is 78.9 Å². The summed E-state index contributed by atoms with van der Waals surface area (Å²) in [5.74, 6) is -0.244. The minimum Gasteiger partial charge on any atom is -0.383 e. The quantitative estimate of drug-likeness (QED) is 0.170. The van der Waals surface area contributed by atoms with Gasteiger partial charge in [0.05, 0.1) is 12.8 Å². The summed E-state index contributed by atoms with van der Waals surface area (Å²) in [5, 5.41) is 4.38. The Morgan fingerprint density at radius 3 is 2.21 bits per heavy atom. The summed E-state index contributed by atoms with van der Waals surface area (Å²) in [7, 11) is 4.14. The van der Waals surface area contributed by atoms with Crippen LogP contribution in [0.4, 0.5) is 4.39 Å². The maximum absolute atomic E-state index is 13.7. The van der Waals surface area contributed by atoms with Crippen LogP contribution in [0.3, 0.4) is 0 Å². The molecule has 4 aromatic carbocycles. The summed E-state index contributed by atoms with van der Waals surface area (Å²) in [5.41, 5.74) is 5.67. The van der Waals surface area contributed by atoms with Crippen molar-refractivity contribution in [3.05, 3.63) is 142 Å². The summed E-state index contributed by atoms with van der Waals surface area (Å²) < 4.78 is 20.2. The van der Waals surface area contributed by atoms with Gasteiger partial charge in [-0.2, -0.15) is 0 Å². The highest BCUT2D eigenvalue weighted by Crippen LogP contribution is 2.45. The van der Waals surface area contributed by atoms with E-state index in [9.17, 15) is 4.39 Å². The van der Waals surface area contributed by atoms with Crippen molar-refractivity contribution < 1.29 is 14.0 Å². The third-order valence-electron chi connectivity index (χ3n) is 7.06. The van der Waals surface area contributed by atoms with Crippen LogP contribution in [0, 0.1) is 5.82 Å². The van der Waals surface area contributed by atoms with Gasteiger partial charge in [-0.05, 0) is 85.1 Å². The van der Waals surface area contributed by atoms with Crippen molar-refractivity contribution in [2.75, 3.05) is 20.6 Å². The van der Waals surface area contributed by atoms with Crippen LogP contribution < -0.4 is 0 Å². The van der Waals surface area contributed by atoms with E-state index >= 15 is 0 Å². The van der Waals surface area contributed by atoms with Crippen LogP contribution in [-0.2, 0) is 21.8 Å². The van der Waals surface area contributed by atoms with Gasteiger partial charge >= 0.3 is 0 Å². The van der Waals surface area contributed by atoms with Gasteiger partial charge in [-0.25, -0.2) is 4.39 Å². The van der Waals surface area contributed by atoms with Gasteiger partial charge < -0.3 is 14.5 Å². The van der Waals surface area contributed by atoms with Gasteiger partial charge in [0.15, 0.2) is 6.10 Å². The molecule has 4 aromatic rings. The maximum atomic E-state index is 13.7. The van der Waals surface area contributed by atoms with E-state index in [0.717, 1.165) is 52.8 Å². The molecule has 1 atom stereocenters. The third-order valence-corrected chi connectivity index (χ3v) is 7.06. The molecular weight excluding hydrogens is 475 g/mol. The lowest BCUT2D eigenvalue weighted by molar-refractivity contribution is -0.0140. The Morgan fingerprint density at radius 2 is 1.58 bits per heavy atom. The fraction of sp³-hybridized carbons (Fsp3) is 0.242. The van der Waals surface area contributed by atoms with Crippen molar-refractivity contribution >= 4 is 6.21 Å². The van der Waals surface area contributed by atoms with Gasteiger partial charge in [0.1, 0.15) is 11.4 Å². The Kier molecular flexibility index (Phi) is 7.97. The van der Waals surface area contributed by atoms with Gasteiger partial charge in [-0.3, -0.25) is 0 Å². The van der Waals surface area contributed by atoms with Crippen molar-refractivity contribution in [1.29, 1.82) is 0 Å². The minimum absolute atomic E-state index is 0.244. The topological polar surface area (TPSA) is 34.1 Å². The molecule has 0 spiro atoms. The number of fused-ring (bicyclic) bond motifs is 1. The van der Waals surface area contributed by atoms with Crippen molar-refractivity contribution in [2.45, 2.75) is 31.2 Å². The number of oxime groups is 1. The molecule has 0 saturated heterocycles. The Bertz CT molecular complexity index is 1320. The maximum Gasteiger partial charge on any atom is 0.177 e. The summed E-state index contributed by atoms with van der Waals surface area (Å²) in [4.78, 5) is 8.21. The summed E-state index contributed by atoms with van der Waals surface area (Å²) in [6.07, 6.45) is 3.23. The Hall–Kier alpha value is -3.80. The second kappa shape index (κ2) is 11.7. The average Bonchev–Trinajstić information content (AvgIpc) is 3.31. The number of rotatable bonds is 10. The molecule has 0 aromatic heterocycles. The van der Waals surface area contributed by atoms with Gasteiger partial charge in [0.25, 0.3) is 0 Å². The highest BCUT2D eigenvalue weighted by molar-refractivity contribution is 5.80. The molecule has 0 fully saturated rings. The molecule has 0 bridgehead atoms. The van der Waals surface area contributed by atoms with Crippen molar-refractivity contribution in [1.82, 2.24) is 4.90 Å². The van der Waals surface area contributed by atoms with Crippen LogP contribution in [0.25, 0.3) is 0 Å². The zero-order valence-electron chi connectivity index (χ0n) is 21.9. The van der Waals surface area contributed by atoms with E-state index in [0.29, 0.717) is 6.61 Å². The fourth-order valence-electron chi connectivity index (χ4n) is 5.16. The lowest BCUT2D eigenvalue weighted by atomic mass is 9.81. The van der Waals surface area contributed by atoms with Crippen molar-refractivity contribution in [3.8, 4) is 0 Å². The largest absolute Gasteiger partial charge is 0.383 e. The van der Waals surface area contributed by atoms with Crippen molar-refractivity contribution in [2.24, 2.45) is 5.16 Å². The van der Waals surface area contributed by atoms with Crippen LogP contribution in [-0.4, -0.2) is 31.8 Å². The number of nitrogens with zero attached hydrogens (tertiary/aromatic N) is 2. The van der Waals surface area contributed by atoms with Gasteiger partial charge in [0, 0.05) is 0 Å². The minimum atomic E-state index is -0.586. The Balaban J connectivity index is 1.39. The molecule has 0 N–H and O–H groups in total. The standard InChI is InChI=1S/C33H33FN2O2/c1-36(2)21-9-20-33(29-15-17-30(34)18-16-29)31-19-14-25(22-28(31)24-37-33)23-35-38-32(26-10-5-3-6-11-26)27-12-7-4-8-13-27/h3-8,10-19,22-23,32H,9,20-21,24H2,1-2H3/b35-23+. The molecule has 0 radical (unpaired) electrons. The number of hydrogen-bond acceptors (Lipinski definition) is 4. The molecule has 4 nitrogen and oxygen atoms in total. The van der Waals surface area contributed by atoms with Gasteiger partial charge in [-0.1, -0.05) is 90.1 Å². The zero-order chi connectivity index (χ0) is 26.4. The first-order valence-electron chi connectivity index (χ1n) is 13.0. The lowest BCUT2D eigenvalue weighted by Gasteiger charge is -2.31. The van der Waals surface area contributed by atoms with E-state index in [-0.39, 0.29) is 11.9 Å². The predicted octanol–water partition coefficient (Wildman–Crippen LogP) is 7.08. The molecule has 1 heterocycles. The molecule has 1 aliphatic rings. The van der Waals surface area contributed by atoms with Crippen molar-refractivity contribution in [3.63, 3.8) is 0 Å². The third kappa shape index (κ3) is 5.69. The van der Waals surface area contributed by atoms with Gasteiger partial charge in [-0.15, -0.1) is 0 Å². The average molecular weight is 509 g/mol. The summed E-state index contributed by atoms with van der Waals surface area (Å²) in [6.45, 7) is 1.45. The first-order chi connectivity index (χ1) is 18.5. The highest BCUT2D eigenvalue weighted by atomic mass is 19.1. The Morgan fingerprint density at radius 1 is 0.921 bits per heavy atom. The van der Waals surface area contributed by atoms with E-state index in [2.05, 4.69) is 36.3 Å². The number of halogens is 1. The smallest absolute Gasteiger partial charge is 0.177 e. The molecule has 0 aliphatic carbocycles. The second-order valence-electron chi connectivity index (χ2n) is 9.99. The second-order valence-corrected chi connectivity index (χ2v) is 9.99. The zero-order valence-corrected chi connectivity index (χ0v) is 21.9. The SMILES string of the molecule is CN(C)CCCC1(c2ccc(F)cc2)OCc2cc(/C=N/OC(c3ccccc3)c3ccccc3)ccc21. The number of hydrogen-bond donors (Lipinski definition) is 0. The summed E-state index contributed by atoms with van der Waals surface area (Å²) in [6, 6.07) is 33.2. The van der Waals surface area contributed by atoms with Crippen LogP contribution in [0.2, 0.25) is 0 Å². The van der Waals surface area contributed by atoms with Crippen LogP contribution in [0.15, 0.2) is 108 Å². The normalized spacial score (nSPS) is 16.9. The molecular formula is C33H33FN2O2. The number of ether oxygens (including phenoxy) is 1. The lowest BCUT2D eigenvalue weighted by Crippen LogP contribution is -2.28. The molecule has 1 unspecified atom stereocenters. The molecule has 5 rings (SSSR count). The summed E-state index contributed by atoms with van der Waals surface area (Å²) >= 11 is 0. The Labute approximate surface area is 224 Å². The van der Waals surface area contributed by atoms with E-state index in [4.69, 9.17) is 9.57 Å². The highest BCUT2D eigenvalue weighted by Gasteiger charge is 2.41. The molecule has 5 heteroatoms. The van der Waals surface area contributed by atoms with Gasteiger partial charge in [0.2, 0.25) is 0 Å². The van der Waals surface area contributed by atoms with E-state index in [1.54, 1.807) is 6.21 Å². The first-order valence-corrected chi connectivity index (χ1v) is 13.0. The molecule has 0 amide bonds.